The molecular formula is C19H25N3O4. The van der Waals surface area contributed by atoms with E-state index in [1.165, 1.54) is 0 Å². The van der Waals surface area contributed by atoms with Crippen molar-refractivity contribution in [3.05, 3.63) is 34.7 Å². The standard InChI is InChI=1S/C19H25N3O4/c1-3-11-21-15-6-4-5-7-16(15)22(19(21)25)12-10-17(23)26-13(2)18(24)20-14-8-9-14/h4-7,13-14H,3,8-12H2,1-2H3,(H,20,24)/t13-/m1/s1. The van der Waals surface area contributed by atoms with Crippen LogP contribution >= 0.6 is 0 Å². The zero-order valence-electron chi connectivity index (χ0n) is 15.2. The van der Waals surface area contributed by atoms with Gasteiger partial charge in [0.1, 0.15) is 0 Å². The molecule has 1 N–H and O–H groups in total. The second-order valence-electron chi connectivity index (χ2n) is 6.74. The molecule has 1 amide bonds. The van der Waals surface area contributed by atoms with Gasteiger partial charge in [-0.25, -0.2) is 4.79 Å². The number of aromatic nitrogens is 2. The van der Waals surface area contributed by atoms with E-state index in [1.807, 2.05) is 31.2 Å². The number of rotatable bonds is 8. The summed E-state index contributed by atoms with van der Waals surface area (Å²) in [5.74, 6) is -0.750. The predicted molar refractivity (Wildman–Crippen MR) is 97.8 cm³/mol. The maximum atomic E-state index is 12.7. The number of hydrogen-bond acceptors (Lipinski definition) is 4. The van der Waals surface area contributed by atoms with E-state index in [9.17, 15) is 14.4 Å². The van der Waals surface area contributed by atoms with Gasteiger partial charge in [-0.3, -0.25) is 18.7 Å². The number of carbonyl (C=O) groups is 2. The van der Waals surface area contributed by atoms with Crippen molar-refractivity contribution in [2.24, 2.45) is 0 Å². The van der Waals surface area contributed by atoms with Crippen molar-refractivity contribution >= 4 is 22.9 Å². The molecule has 1 atom stereocenters. The summed E-state index contributed by atoms with van der Waals surface area (Å²) < 4.78 is 8.52. The van der Waals surface area contributed by atoms with Crippen molar-refractivity contribution in [1.82, 2.24) is 14.5 Å². The number of hydrogen-bond donors (Lipinski definition) is 1. The van der Waals surface area contributed by atoms with Crippen LogP contribution in [0.15, 0.2) is 29.1 Å². The molecule has 7 heteroatoms. The van der Waals surface area contributed by atoms with E-state index in [4.69, 9.17) is 4.74 Å². The SMILES string of the molecule is CCCn1c(=O)n(CCC(=O)O[C@H](C)C(=O)NC2CC2)c2ccccc21. The lowest BCUT2D eigenvalue weighted by atomic mass is 10.3. The van der Waals surface area contributed by atoms with Crippen LogP contribution in [-0.4, -0.2) is 33.2 Å². The fourth-order valence-electron chi connectivity index (χ4n) is 2.99. The predicted octanol–water partition coefficient (Wildman–Crippen LogP) is 1.81. The molecule has 7 nitrogen and oxygen atoms in total. The highest BCUT2D eigenvalue weighted by atomic mass is 16.5. The molecule has 0 radical (unpaired) electrons. The van der Waals surface area contributed by atoms with Gasteiger partial charge >= 0.3 is 11.7 Å². The third kappa shape index (κ3) is 3.98. The topological polar surface area (TPSA) is 82.3 Å². The number of carbonyl (C=O) groups excluding carboxylic acids is 2. The summed E-state index contributed by atoms with van der Waals surface area (Å²) in [5.41, 5.74) is 1.54. The molecule has 1 heterocycles. The van der Waals surface area contributed by atoms with Crippen LogP contribution in [0.4, 0.5) is 0 Å². The van der Waals surface area contributed by atoms with Crippen molar-refractivity contribution in [2.45, 2.75) is 64.8 Å². The summed E-state index contributed by atoms with van der Waals surface area (Å²) in [6, 6.07) is 7.78. The second-order valence-corrected chi connectivity index (χ2v) is 6.74. The Labute approximate surface area is 151 Å². The molecule has 0 aliphatic heterocycles. The van der Waals surface area contributed by atoms with Crippen molar-refractivity contribution in [2.75, 3.05) is 0 Å². The van der Waals surface area contributed by atoms with E-state index in [-0.39, 0.29) is 30.6 Å². The third-order valence-corrected chi connectivity index (χ3v) is 4.51. The summed E-state index contributed by atoms with van der Waals surface area (Å²) >= 11 is 0. The van der Waals surface area contributed by atoms with Gasteiger partial charge in [-0.15, -0.1) is 0 Å². The maximum Gasteiger partial charge on any atom is 0.329 e. The van der Waals surface area contributed by atoms with Crippen molar-refractivity contribution < 1.29 is 14.3 Å². The van der Waals surface area contributed by atoms with Crippen LogP contribution in [0.3, 0.4) is 0 Å². The minimum absolute atomic E-state index is 0.0427. The first-order valence-electron chi connectivity index (χ1n) is 9.19. The highest BCUT2D eigenvalue weighted by Gasteiger charge is 2.27. The summed E-state index contributed by atoms with van der Waals surface area (Å²) in [5, 5.41) is 2.81. The molecule has 1 aromatic heterocycles. The van der Waals surface area contributed by atoms with Gasteiger partial charge < -0.3 is 10.1 Å². The lowest BCUT2D eigenvalue weighted by Gasteiger charge is -2.13. The largest absolute Gasteiger partial charge is 0.452 e. The molecule has 0 bridgehead atoms. The van der Waals surface area contributed by atoms with Gasteiger partial charge in [0.15, 0.2) is 6.10 Å². The van der Waals surface area contributed by atoms with E-state index in [2.05, 4.69) is 5.32 Å². The number of nitrogens with zero attached hydrogens (tertiary/aromatic N) is 2. The highest BCUT2D eigenvalue weighted by molar-refractivity contribution is 5.84. The molecule has 1 aromatic carbocycles. The minimum atomic E-state index is -0.818. The first-order chi connectivity index (χ1) is 12.5. The Morgan fingerprint density at radius 3 is 2.38 bits per heavy atom. The number of ether oxygens (including phenoxy) is 1. The minimum Gasteiger partial charge on any atom is -0.452 e. The molecule has 1 saturated carbocycles. The van der Waals surface area contributed by atoms with Crippen LogP contribution in [0.25, 0.3) is 11.0 Å². The van der Waals surface area contributed by atoms with E-state index in [1.54, 1.807) is 16.1 Å². The first kappa shape index (κ1) is 18.2. The average molecular weight is 359 g/mol. The van der Waals surface area contributed by atoms with Crippen LogP contribution in [0.2, 0.25) is 0 Å². The Bertz CT molecular complexity index is 863. The molecule has 0 spiro atoms. The fraction of sp³-hybridized carbons (Fsp3) is 0.526. The Hall–Kier alpha value is -2.57. The van der Waals surface area contributed by atoms with Crippen LogP contribution in [-0.2, 0) is 27.4 Å². The molecule has 1 aliphatic rings. The number of aryl methyl sites for hydroxylation is 2. The number of nitrogens with one attached hydrogen (secondary N) is 1. The van der Waals surface area contributed by atoms with E-state index < -0.39 is 12.1 Å². The Kier molecular flexibility index (Phi) is 5.44. The number of fused-ring (bicyclic) bond motifs is 1. The second kappa shape index (κ2) is 7.76. The molecule has 1 fully saturated rings. The summed E-state index contributed by atoms with van der Waals surface area (Å²) in [7, 11) is 0. The van der Waals surface area contributed by atoms with Crippen molar-refractivity contribution in [3.63, 3.8) is 0 Å². The molecule has 3 rings (SSSR count). The summed E-state index contributed by atoms with van der Waals surface area (Å²) in [6.07, 6.45) is 2.04. The van der Waals surface area contributed by atoms with Crippen LogP contribution < -0.4 is 11.0 Å². The van der Waals surface area contributed by atoms with Gasteiger partial charge in [0.25, 0.3) is 5.91 Å². The Morgan fingerprint density at radius 2 is 1.81 bits per heavy atom. The van der Waals surface area contributed by atoms with E-state index in [0.29, 0.717) is 6.54 Å². The first-order valence-corrected chi connectivity index (χ1v) is 9.19. The van der Waals surface area contributed by atoms with E-state index in [0.717, 1.165) is 30.3 Å². The van der Waals surface area contributed by atoms with Crippen molar-refractivity contribution in [1.29, 1.82) is 0 Å². The highest BCUT2D eigenvalue weighted by Crippen LogP contribution is 2.19. The fourth-order valence-corrected chi connectivity index (χ4v) is 2.99. The monoisotopic (exact) mass is 359 g/mol. The van der Waals surface area contributed by atoms with E-state index >= 15 is 0 Å². The van der Waals surface area contributed by atoms with Gasteiger partial charge in [0, 0.05) is 19.1 Å². The molecule has 26 heavy (non-hydrogen) atoms. The quantitative estimate of drug-likeness (QED) is 0.729. The number of amides is 1. The molecule has 140 valence electrons. The van der Waals surface area contributed by atoms with Crippen molar-refractivity contribution in [3.8, 4) is 0 Å². The zero-order valence-corrected chi connectivity index (χ0v) is 15.2. The average Bonchev–Trinajstić information content (AvgIpc) is 3.39. The molecule has 2 aromatic rings. The van der Waals surface area contributed by atoms with Crippen LogP contribution in [0.5, 0.6) is 0 Å². The van der Waals surface area contributed by atoms with Gasteiger partial charge in [0.2, 0.25) is 0 Å². The number of benzene rings is 1. The molecule has 1 aliphatic carbocycles. The van der Waals surface area contributed by atoms with Crippen LogP contribution in [0.1, 0.15) is 39.5 Å². The number of esters is 1. The van der Waals surface area contributed by atoms with Crippen LogP contribution in [0, 0.1) is 0 Å². The number of para-hydroxylation sites is 2. The maximum absolute atomic E-state index is 12.7. The smallest absolute Gasteiger partial charge is 0.329 e. The Balaban J connectivity index is 1.65. The molecule has 0 unspecified atom stereocenters. The molecule has 0 saturated heterocycles. The zero-order chi connectivity index (χ0) is 18.7. The summed E-state index contributed by atoms with van der Waals surface area (Å²) in [6.45, 7) is 4.44. The summed E-state index contributed by atoms with van der Waals surface area (Å²) in [4.78, 5) is 36.6. The Morgan fingerprint density at radius 1 is 1.19 bits per heavy atom. The normalized spacial score (nSPS) is 15.0. The van der Waals surface area contributed by atoms with Gasteiger partial charge in [-0.05, 0) is 38.3 Å². The third-order valence-electron chi connectivity index (χ3n) is 4.51. The van der Waals surface area contributed by atoms with Gasteiger partial charge in [0.05, 0.1) is 17.5 Å². The van der Waals surface area contributed by atoms with Gasteiger partial charge in [-0.1, -0.05) is 19.1 Å². The number of imidazole rings is 1. The van der Waals surface area contributed by atoms with Gasteiger partial charge in [-0.2, -0.15) is 0 Å². The lowest BCUT2D eigenvalue weighted by molar-refractivity contribution is -0.155. The molecular weight excluding hydrogens is 334 g/mol. The lowest BCUT2D eigenvalue weighted by Crippen LogP contribution is -2.37.